The van der Waals surface area contributed by atoms with Crippen molar-refractivity contribution in [2.24, 2.45) is 5.92 Å². The number of terminal acetylenes is 2. The Bertz CT molecular complexity index is 1310. The van der Waals surface area contributed by atoms with Crippen LogP contribution in [0.2, 0.25) is 5.02 Å². The molecule has 0 amide bonds. The molecule has 0 spiro atoms. The van der Waals surface area contributed by atoms with Crippen LogP contribution in [0.15, 0.2) is 30.3 Å². The van der Waals surface area contributed by atoms with Crippen LogP contribution in [0.1, 0.15) is 52.4 Å². The van der Waals surface area contributed by atoms with Gasteiger partial charge in [-0.15, -0.1) is 24.2 Å². The standard InChI is InChI=1S/C30H31ClN2OS/c1-7-13-33(27(17-23-10-11-23)24-12-9-19(3)20(4)15-24)30-32-29(22(6)35-30)25-16-21(5)28(18-26(25)31)34-14-8-2/h1-2,9,12,15-16,18,23,27H,10-11,13-14,17H2,3-6H3/t27-/m0/s1. The average molecular weight is 503 g/mol. The summed E-state index contributed by atoms with van der Waals surface area (Å²) in [6.45, 7) is 9.11. The first-order chi connectivity index (χ1) is 16.8. The summed E-state index contributed by atoms with van der Waals surface area (Å²) < 4.78 is 5.64. The van der Waals surface area contributed by atoms with Crippen LogP contribution in [-0.2, 0) is 0 Å². The molecule has 1 heterocycles. The van der Waals surface area contributed by atoms with E-state index in [1.54, 1.807) is 11.3 Å². The molecule has 35 heavy (non-hydrogen) atoms. The van der Waals surface area contributed by atoms with Gasteiger partial charge in [0.25, 0.3) is 0 Å². The van der Waals surface area contributed by atoms with Gasteiger partial charge in [-0.2, -0.15) is 0 Å². The first kappa shape index (κ1) is 25.2. The van der Waals surface area contributed by atoms with Gasteiger partial charge in [0, 0.05) is 10.4 Å². The Morgan fingerprint density at radius 3 is 2.51 bits per heavy atom. The fourth-order valence-electron chi connectivity index (χ4n) is 4.37. The second kappa shape index (κ2) is 10.8. The minimum Gasteiger partial charge on any atom is -0.481 e. The summed E-state index contributed by atoms with van der Waals surface area (Å²) in [4.78, 5) is 8.50. The van der Waals surface area contributed by atoms with Gasteiger partial charge in [0.05, 0.1) is 23.3 Å². The van der Waals surface area contributed by atoms with Crippen LogP contribution in [-0.4, -0.2) is 18.1 Å². The summed E-state index contributed by atoms with van der Waals surface area (Å²) in [5.74, 6) is 6.82. The number of hydrogen-bond acceptors (Lipinski definition) is 4. The number of rotatable bonds is 9. The summed E-state index contributed by atoms with van der Waals surface area (Å²) in [6.07, 6.45) is 14.9. The Balaban J connectivity index is 1.73. The van der Waals surface area contributed by atoms with Gasteiger partial charge in [0.15, 0.2) is 5.13 Å². The molecule has 1 aromatic heterocycles. The lowest BCUT2D eigenvalue weighted by Crippen LogP contribution is -2.29. The van der Waals surface area contributed by atoms with E-state index in [1.807, 2.05) is 19.1 Å². The fourth-order valence-corrected chi connectivity index (χ4v) is 5.58. The zero-order chi connectivity index (χ0) is 25.1. The van der Waals surface area contributed by atoms with Crippen LogP contribution in [0.5, 0.6) is 5.75 Å². The van der Waals surface area contributed by atoms with Crippen molar-refractivity contribution >= 4 is 28.1 Å². The Morgan fingerprint density at radius 1 is 1.09 bits per heavy atom. The number of aromatic nitrogens is 1. The first-order valence-corrected chi connectivity index (χ1v) is 13.1. The van der Waals surface area contributed by atoms with Crippen LogP contribution in [0.3, 0.4) is 0 Å². The van der Waals surface area contributed by atoms with Crippen molar-refractivity contribution in [1.29, 1.82) is 0 Å². The van der Waals surface area contributed by atoms with Gasteiger partial charge in [-0.1, -0.05) is 54.5 Å². The molecule has 0 unspecified atom stereocenters. The lowest BCUT2D eigenvalue weighted by atomic mass is 9.96. The van der Waals surface area contributed by atoms with Gasteiger partial charge in [0.2, 0.25) is 0 Å². The van der Waals surface area contributed by atoms with Gasteiger partial charge in [-0.25, -0.2) is 4.98 Å². The van der Waals surface area contributed by atoms with E-state index in [-0.39, 0.29) is 12.6 Å². The number of benzene rings is 2. The van der Waals surface area contributed by atoms with Crippen molar-refractivity contribution in [1.82, 2.24) is 4.98 Å². The summed E-state index contributed by atoms with van der Waals surface area (Å²) in [5, 5.41) is 1.52. The molecule has 0 aliphatic heterocycles. The fraction of sp³-hybridized carbons (Fsp3) is 0.367. The normalized spacial score (nSPS) is 13.7. The Hall–Kier alpha value is -2.92. The maximum absolute atomic E-state index is 6.69. The highest BCUT2D eigenvalue weighted by Crippen LogP contribution is 2.44. The smallest absolute Gasteiger partial charge is 0.187 e. The molecule has 4 rings (SSSR count). The lowest BCUT2D eigenvalue weighted by Gasteiger charge is -2.31. The molecule has 3 aromatic rings. The molecule has 1 aliphatic rings. The number of anilines is 1. The largest absolute Gasteiger partial charge is 0.481 e. The van der Waals surface area contributed by atoms with Gasteiger partial charge < -0.3 is 9.64 Å². The van der Waals surface area contributed by atoms with E-state index in [0.717, 1.165) is 39.2 Å². The topological polar surface area (TPSA) is 25.4 Å². The van der Waals surface area contributed by atoms with Crippen molar-refractivity contribution in [2.45, 2.75) is 53.0 Å². The van der Waals surface area contributed by atoms with E-state index in [4.69, 9.17) is 34.2 Å². The average Bonchev–Trinajstić information content (AvgIpc) is 3.58. The quantitative estimate of drug-likeness (QED) is 0.280. The van der Waals surface area contributed by atoms with Crippen LogP contribution in [0, 0.1) is 58.3 Å². The zero-order valence-electron chi connectivity index (χ0n) is 20.8. The minimum absolute atomic E-state index is 0.188. The van der Waals surface area contributed by atoms with Crippen molar-refractivity contribution in [2.75, 3.05) is 18.1 Å². The number of hydrogen-bond donors (Lipinski definition) is 0. The SMILES string of the molecule is C#CCOc1cc(Cl)c(-c2nc(N(CC#C)[C@@H](CC3CC3)c3ccc(C)c(C)c3)sc2C)cc1C. The first-order valence-electron chi connectivity index (χ1n) is 11.9. The van der Waals surface area contributed by atoms with Crippen LogP contribution >= 0.6 is 22.9 Å². The molecule has 0 saturated heterocycles. The predicted molar refractivity (Wildman–Crippen MR) is 149 cm³/mol. The number of aryl methyl sites for hydroxylation is 4. The van der Waals surface area contributed by atoms with Gasteiger partial charge in [0.1, 0.15) is 12.4 Å². The summed E-state index contributed by atoms with van der Waals surface area (Å²) in [5.41, 5.74) is 6.64. The minimum atomic E-state index is 0.188. The van der Waals surface area contributed by atoms with Crippen LogP contribution < -0.4 is 9.64 Å². The van der Waals surface area contributed by atoms with Crippen molar-refractivity contribution in [3.8, 4) is 41.7 Å². The van der Waals surface area contributed by atoms with E-state index in [1.165, 1.54) is 29.5 Å². The number of thiazole rings is 1. The highest BCUT2D eigenvalue weighted by Gasteiger charge is 2.32. The molecule has 1 saturated carbocycles. The molecular weight excluding hydrogens is 472 g/mol. The maximum atomic E-state index is 6.69. The molecular formula is C30H31ClN2OS. The number of halogens is 1. The molecule has 1 fully saturated rings. The molecule has 0 bridgehead atoms. The predicted octanol–water partition coefficient (Wildman–Crippen LogP) is 7.69. The van der Waals surface area contributed by atoms with E-state index in [0.29, 0.717) is 17.3 Å². The van der Waals surface area contributed by atoms with Crippen molar-refractivity contribution in [3.05, 3.63) is 62.5 Å². The molecule has 1 atom stereocenters. The molecule has 3 nitrogen and oxygen atoms in total. The third-order valence-electron chi connectivity index (χ3n) is 6.67. The Kier molecular flexibility index (Phi) is 7.75. The highest BCUT2D eigenvalue weighted by atomic mass is 35.5. The second-order valence-electron chi connectivity index (χ2n) is 9.36. The highest BCUT2D eigenvalue weighted by molar-refractivity contribution is 7.16. The molecule has 2 aromatic carbocycles. The van der Waals surface area contributed by atoms with Gasteiger partial charge in [-0.3, -0.25) is 0 Å². The number of ether oxygens (including phenoxy) is 1. The second-order valence-corrected chi connectivity index (χ2v) is 11.0. The van der Waals surface area contributed by atoms with Gasteiger partial charge >= 0.3 is 0 Å². The third-order valence-corrected chi connectivity index (χ3v) is 7.99. The van der Waals surface area contributed by atoms with E-state index in [2.05, 4.69) is 55.7 Å². The van der Waals surface area contributed by atoms with E-state index >= 15 is 0 Å². The van der Waals surface area contributed by atoms with E-state index in [9.17, 15) is 0 Å². The van der Waals surface area contributed by atoms with Crippen molar-refractivity contribution in [3.63, 3.8) is 0 Å². The number of nitrogens with zero attached hydrogens (tertiary/aromatic N) is 2. The molecule has 0 N–H and O–H groups in total. The third kappa shape index (κ3) is 5.67. The zero-order valence-corrected chi connectivity index (χ0v) is 22.4. The molecule has 5 heteroatoms. The van der Waals surface area contributed by atoms with E-state index < -0.39 is 0 Å². The monoisotopic (exact) mass is 502 g/mol. The van der Waals surface area contributed by atoms with Crippen LogP contribution in [0.4, 0.5) is 5.13 Å². The Morgan fingerprint density at radius 2 is 1.86 bits per heavy atom. The Labute approximate surface area is 218 Å². The lowest BCUT2D eigenvalue weighted by molar-refractivity contribution is 0.368. The molecule has 0 radical (unpaired) electrons. The molecule has 180 valence electrons. The summed E-state index contributed by atoms with van der Waals surface area (Å²) in [7, 11) is 0. The van der Waals surface area contributed by atoms with Gasteiger partial charge in [-0.05, 0) is 74.4 Å². The maximum Gasteiger partial charge on any atom is 0.187 e. The van der Waals surface area contributed by atoms with Crippen LogP contribution in [0.25, 0.3) is 11.3 Å². The summed E-state index contributed by atoms with van der Waals surface area (Å²) >= 11 is 8.36. The summed E-state index contributed by atoms with van der Waals surface area (Å²) in [6, 6.07) is 10.8. The van der Waals surface area contributed by atoms with Crippen molar-refractivity contribution < 1.29 is 4.74 Å². The molecule has 1 aliphatic carbocycles.